The number of ether oxygens (including phenoxy) is 2. The number of esters is 2. The number of aliphatic hydroxyl groups excluding tert-OH is 1. The lowest BCUT2D eigenvalue weighted by Crippen LogP contribution is -2.28. The molecule has 0 spiro atoms. The summed E-state index contributed by atoms with van der Waals surface area (Å²) < 4.78 is 10.7. The Morgan fingerprint density at radius 2 is 0.492 bits per heavy atom. The van der Waals surface area contributed by atoms with Crippen molar-refractivity contribution in [2.75, 3.05) is 13.2 Å². The third-order valence-corrected chi connectivity index (χ3v) is 13.7. The van der Waals surface area contributed by atoms with Crippen LogP contribution in [0.1, 0.15) is 341 Å². The molecule has 1 N–H and O–H groups in total. The monoisotopic (exact) mass is 891 g/mol. The Labute approximate surface area is 395 Å². The predicted octanol–water partition coefficient (Wildman–Crippen LogP) is 19.4. The van der Waals surface area contributed by atoms with Gasteiger partial charge < -0.3 is 14.6 Å². The molecule has 5 nitrogen and oxygen atoms in total. The van der Waals surface area contributed by atoms with Gasteiger partial charge in [0.05, 0.1) is 6.61 Å². The maximum absolute atomic E-state index is 12.3. The van der Waals surface area contributed by atoms with Gasteiger partial charge in [0.2, 0.25) is 0 Å². The predicted molar refractivity (Wildman–Crippen MR) is 275 cm³/mol. The van der Waals surface area contributed by atoms with Gasteiger partial charge in [-0.15, -0.1) is 0 Å². The average Bonchev–Trinajstić information content (AvgIpc) is 3.29. The molecule has 63 heavy (non-hydrogen) atoms. The summed E-state index contributed by atoms with van der Waals surface area (Å²) in [5, 5.41) is 9.65. The van der Waals surface area contributed by atoms with E-state index in [1.54, 1.807) is 0 Å². The highest BCUT2D eigenvalue weighted by atomic mass is 16.6. The lowest BCUT2D eigenvalue weighted by atomic mass is 10.0. The summed E-state index contributed by atoms with van der Waals surface area (Å²) >= 11 is 0. The molecule has 5 heteroatoms. The van der Waals surface area contributed by atoms with Crippen molar-refractivity contribution in [1.29, 1.82) is 0 Å². The summed E-state index contributed by atoms with van der Waals surface area (Å²) in [6, 6.07) is 0. The smallest absolute Gasteiger partial charge is 0.306 e. The molecule has 1 atom stereocenters. The zero-order valence-corrected chi connectivity index (χ0v) is 43.1. The van der Waals surface area contributed by atoms with Crippen molar-refractivity contribution >= 4 is 11.9 Å². The lowest BCUT2D eigenvalue weighted by Gasteiger charge is -2.15. The van der Waals surface area contributed by atoms with Crippen LogP contribution in [0.5, 0.6) is 0 Å². The van der Waals surface area contributed by atoms with Crippen LogP contribution in [0.25, 0.3) is 0 Å². The maximum atomic E-state index is 12.3. The van der Waals surface area contributed by atoms with Crippen LogP contribution in [0.4, 0.5) is 0 Å². The molecule has 0 aromatic rings. The fraction of sp³-hybridized carbons (Fsp3) is 0.966. The van der Waals surface area contributed by atoms with Gasteiger partial charge in [-0.3, -0.25) is 9.59 Å². The van der Waals surface area contributed by atoms with Crippen molar-refractivity contribution in [3.05, 3.63) is 0 Å². The third kappa shape index (κ3) is 53.4. The third-order valence-electron chi connectivity index (χ3n) is 13.7. The largest absolute Gasteiger partial charge is 0.462 e. The summed E-state index contributed by atoms with van der Waals surface area (Å²) in [7, 11) is 0. The quantitative estimate of drug-likeness (QED) is 0.0486. The van der Waals surface area contributed by atoms with Gasteiger partial charge in [0.25, 0.3) is 0 Å². The molecular formula is C58H114O5. The number of carbonyl (C=O) groups excluding carboxylic acids is 2. The van der Waals surface area contributed by atoms with Crippen LogP contribution in [0.15, 0.2) is 0 Å². The highest BCUT2D eigenvalue weighted by Crippen LogP contribution is 2.18. The van der Waals surface area contributed by atoms with Crippen molar-refractivity contribution in [3.8, 4) is 0 Å². The molecule has 0 radical (unpaired) electrons. The van der Waals surface area contributed by atoms with E-state index in [4.69, 9.17) is 9.47 Å². The van der Waals surface area contributed by atoms with E-state index >= 15 is 0 Å². The second-order valence-corrected chi connectivity index (χ2v) is 20.1. The first-order valence-corrected chi connectivity index (χ1v) is 29.1. The van der Waals surface area contributed by atoms with Gasteiger partial charge in [0.1, 0.15) is 6.61 Å². The normalized spacial score (nSPS) is 12.0. The molecule has 0 saturated heterocycles. The first-order chi connectivity index (χ1) is 31.1. The van der Waals surface area contributed by atoms with Gasteiger partial charge in [0.15, 0.2) is 6.10 Å². The van der Waals surface area contributed by atoms with Gasteiger partial charge in [0, 0.05) is 12.8 Å². The van der Waals surface area contributed by atoms with E-state index in [-0.39, 0.29) is 25.2 Å². The molecule has 0 bridgehead atoms. The number of rotatable bonds is 55. The zero-order valence-electron chi connectivity index (χ0n) is 43.1. The molecule has 1 unspecified atom stereocenters. The Balaban J connectivity index is 3.37. The molecule has 0 aromatic carbocycles. The molecule has 0 aliphatic heterocycles. The second-order valence-electron chi connectivity index (χ2n) is 20.1. The first-order valence-electron chi connectivity index (χ1n) is 29.1. The van der Waals surface area contributed by atoms with Gasteiger partial charge in [-0.2, -0.15) is 0 Å². The minimum absolute atomic E-state index is 0.0557. The van der Waals surface area contributed by atoms with Crippen LogP contribution in [0.2, 0.25) is 0 Å². The van der Waals surface area contributed by atoms with Crippen LogP contribution < -0.4 is 0 Å². The molecule has 0 aliphatic carbocycles. The maximum Gasteiger partial charge on any atom is 0.306 e. The van der Waals surface area contributed by atoms with Crippen LogP contribution >= 0.6 is 0 Å². The van der Waals surface area contributed by atoms with E-state index in [1.807, 2.05) is 0 Å². The SMILES string of the molecule is CCCCCCCCCCCCCCCCCCCCCCCCCCCCCCCCC(=O)OC(CO)COC(=O)CCCCCCCCCCCCCCCCCCCCC. The summed E-state index contributed by atoms with van der Waals surface area (Å²) in [5.41, 5.74) is 0. The summed E-state index contributed by atoms with van der Waals surface area (Å²) in [4.78, 5) is 24.5. The van der Waals surface area contributed by atoms with E-state index in [2.05, 4.69) is 13.8 Å². The molecule has 376 valence electrons. The van der Waals surface area contributed by atoms with Gasteiger partial charge in [-0.25, -0.2) is 0 Å². The number of hydrogen-bond acceptors (Lipinski definition) is 5. The lowest BCUT2D eigenvalue weighted by molar-refractivity contribution is -0.161. The Morgan fingerprint density at radius 3 is 0.698 bits per heavy atom. The van der Waals surface area contributed by atoms with Crippen molar-refractivity contribution < 1.29 is 24.2 Å². The number of aliphatic hydroxyl groups is 1. The van der Waals surface area contributed by atoms with E-state index in [0.717, 1.165) is 32.1 Å². The van der Waals surface area contributed by atoms with Gasteiger partial charge in [-0.05, 0) is 12.8 Å². The van der Waals surface area contributed by atoms with Crippen molar-refractivity contribution in [1.82, 2.24) is 0 Å². The standard InChI is InChI=1S/C58H114O5/c1-3-5-7-9-11-13-15-17-19-21-23-24-25-26-27-28-29-30-31-32-33-35-37-39-41-43-45-47-49-51-53-58(61)63-56(54-59)55-62-57(60)52-50-48-46-44-42-40-38-36-34-22-20-18-16-14-12-10-8-6-4-2/h56,59H,3-55H2,1-2H3. The Hall–Kier alpha value is -1.10. The Bertz CT molecular complexity index is 875. The van der Waals surface area contributed by atoms with Crippen molar-refractivity contribution in [3.63, 3.8) is 0 Å². The highest BCUT2D eigenvalue weighted by molar-refractivity contribution is 5.70. The topological polar surface area (TPSA) is 72.8 Å². The molecule has 0 saturated carbocycles. The van der Waals surface area contributed by atoms with Crippen LogP contribution in [-0.4, -0.2) is 36.4 Å². The number of unbranched alkanes of at least 4 members (excludes halogenated alkanes) is 47. The molecule has 0 heterocycles. The fourth-order valence-corrected chi connectivity index (χ4v) is 9.27. The van der Waals surface area contributed by atoms with E-state index in [0.29, 0.717) is 12.8 Å². The average molecular weight is 892 g/mol. The summed E-state index contributed by atoms with van der Waals surface area (Å²) in [5.74, 6) is -0.563. The van der Waals surface area contributed by atoms with Crippen molar-refractivity contribution in [2.45, 2.75) is 347 Å². The van der Waals surface area contributed by atoms with Crippen molar-refractivity contribution in [2.24, 2.45) is 0 Å². The summed E-state index contributed by atoms with van der Waals surface area (Å²) in [6.45, 7) is 4.21. The van der Waals surface area contributed by atoms with Gasteiger partial charge >= 0.3 is 11.9 Å². The first kappa shape index (κ1) is 61.9. The molecule has 0 amide bonds. The van der Waals surface area contributed by atoms with Crippen LogP contribution in [0.3, 0.4) is 0 Å². The molecule has 0 fully saturated rings. The minimum atomic E-state index is -0.764. The fourth-order valence-electron chi connectivity index (χ4n) is 9.27. The Morgan fingerprint density at radius 1 is 0.302 bits per heavy atom. The summed E-state index contributed by atoms with van der Waals surface area (Å²) in [6.07, 6.45) is 66.7. The second kappa shape index (κ2) is 55.2. The Kier molecular flexibility index (Phi) is 54.3. The van der Waals surface area contributed by atoms with E-state index in [1.165, 1.54) is 283 Å². The molecule has 0 rings (SSSR count). The highest BCUT2D eigenvalue weighted by Gasteiger charge is 2.16. The van der Waals surface area contributed by atoms with Crippen LogP contribution in [0, 0.1) is 0 Å². The van der Waals surface area contributed by atoms with Crippen LogP contribution in [-0.2, 0) is 19.1 Å². The molecular weight excluding hydrogens is 777 g/mol. The van der Waals surface area contributed by atoms with E-state index in [9.17, 15) is 14.7 Å². The minimum Gasteiger partial charge on any atom is -0.462 e. The molecule has 0 aliphatic rings. The number of hydrogen-bond donors (Lipinski definition) is 1. The molecule has 0 aromatic heterocycles. The van der Waals surface area contributed by atoms with E-state index < -0.39 is 6.10 Å². The number of carbonyl (C=O) groups is 2. The zero-order chi connectivity index (χ0) is 45.6. The van der Waals surface area contributed by atoms with Gasteiger partial charge in [-0.1, -0.05) is 316 Å².